The largest absolute Gasteiger partial charge is 0.310 e. The minimum absolute atomic E-state index is 0.119. The molecule has 8 aromatic rings. The fourth-order valence-corrected chi connectivity index (χ4v) is 9.49. The van der Waals surface area contributed by atoms with Crippen LogP contribution in [0.2, 0.25) is 0 Å². The minimum atomic E-state index is -0.388. The highest BCUT2D eigenvalue weighted by Gasteiger charge is 2.43. The van der Waals surface area contributed by atoms with Crippen molar-refractivity contribution in [3.8, 4) is 44.5 Å². The molecule has 258 valence electrons. The highest BCUT2D eigenvalue weighted by Crippen LogP contribution is 2.56. The van der Waals surface area contributed by atoms with Crippen LogP contribution in [0.4, 0.5) is 17.1 Å². The molecule has 0 saturated heterocycles. The van der Waals surface area contributed by atoms with Crippen LogP contribution in [0.25, 0.3) is 44.5 Å². The van der Waals surface area contributed by atoms with E-state index in [2.05, 4.69) is 220 Å². The number of hydrogen-bond donors (Lipinski definition) is 0. The lowest BCUT2D eigenvalue weighted by molar-refractivity contribution is 0.660. The molecule has 0 aromatic heterocycles. The average molecular weight is 692 g/mol. The fourth-order valence-electron chi connectivity index (χ4n) is 9.49. The van der Waals surface area contributed by atoms with Crippen LogP contribution in [-0.4, -0.2) is 0 Å². The third kappa shape index (κ3) is 4.78. The number of fused-ring (bicyclic) bond motifs is 6. The molecule has 0 N–H and O–H groups in total. The molecule has 1 heteroatoms. The predicted octanol–water partition coefficient (Wildman–Crippen LogP) is 14.1. The molecule has 0 radical (unpaired) electrons. The molecular formula is C53H41N. The zero-order valence-corrected chi connectivity index (χ0v) is 30.9. The normalized spacial score (nSPS) is 15.9. The first-order valence-electron chi connectivity index (χ1n) is 19.0. The first kappa shape index (κ1) is 32.2. The van der Waals surface area contributed by atoms with Crippen molar-refractivity contribution in [1.82, 2.24) is 0 Å². The van der Waals surface area contributed by atoms with Crippen molar-refractivity contribution in [3.05, 3.63) is 222 Å². The summed E-state index contributed by atoms with van der Waals surface area (Å²) >= 11 is 0. The smallest absolute Gasteiger partial charge is 0.0540 e. The van der Waals surface area contributed by atoms with Crippen LogP contribution >= 0.6 is 0 Å². The molecule has 0 bridgehead atoms. The SMILES string of the molecule is CC1(C)c2ccccc2-c2ccc(N(c3ccc4c(c3)C(C)(c3ccccc3-c3ccccc3)c3ccccc3-4)c3ccccc3-c3ccccc3)cc21. The van der Waals surface area contributed by atoms with Crippen molar-refractivity contribution in [1.29, 1.82) is 0 Å². The summed E-state index contributed by atoms with van der Waals surface area (Å²) < 4.78 is 0. The van der Waals surface area contributed by atoms with Crippen LogP contribution in [-0.2, 0) is 10.8 Å². The molecule has 0 fully saturated rings. The van der Waals surface area contributed by atoms with Crippen molar-refractivity contribution < 1.29 is 0 Å². The van der Waals surface area contributed by atoms with Gasteiger partial charge in [-0.2, -0.15) is 0 Å². The van der Waals surface area contributed by atoms with E-state index in [1.165, 1.54) is 72.3 Å². The first-order valence-corrected chi connectivity index (χ1v) is 19.0. The average Bonchev–Trinajstić information content (AvgIpc) is 3.63. The van der Waals surface area contributed by atoms with Crippen LogP contribution in [0.1, 0.15) is 48.6 Å². The Labute approximate surface area is 318 Å². The van der Waals surface area contributed by atoms with Gasteiger partial charge in [-0.1, -0.05) is 178 Å². The summed E-state index contributed by atoms with van der Waals surface area (Å²) in [6.07, 6.45) is 0. The zero-order chi connectivity index (χ0) is 36.4. The second-order valence-electron chi connectivity index (χ2n) is 15.4. The second-order valence-corrected chi connectivity index (χ2v) is 15.4. The first-order chi connectivity index (χ1) is 26.4. The molecule has 10 rings (SSSR count). The quantitative estimate of drug-likeness (QED) is 0.168. The molecule has 1 atom stereocenters. The maximum Gasteiger partial charge on any atom is 0.0540 e. The van der Waals surface area contributed by atoms with E-state index in [1.54, 1.807) is 0 Å². The van der Waals surface area contributed by atoms with Crippen molar-refractivity contribution in [2.24, 2.45) is 0 Å². The molecule has 2 aliphatic carbocycles. The molecule has 1 unspecified atom stereocenters. The van der Waals surface area contributed by atoms with E-state index in [4.69, 9.17) is 0 Å². The Bertz CT molecular complexity index is 2700. The van der Waals surface area contributed by atoms with Gasteiger partial charge in [-0.3, -0.25) is 0 Å². The van der Waals surface area contributed by atoms with Gasteiger partial charge in [0.15, 0.2) is 0 Å². The number of anilines is 3. The Morgan fingerprint density at radius 2 is 0.722 bits per heavy atom. The molecule has 0 heterocycles. The summed E-state index contributed by atoms with van der Waals surface area (Å²) in [5, 5.41) is 0. The Hall–Kier alpha value is -6.44. The van der Waals surface area contributed by atoms with E-state index >= 15 is 0 Å². The van der Waals surface area contributed by atoms with Crippen LogP contribution in [0.5, 0.6) is 0 Å². The zero-order valence-electron chi connectivity index (χ0n) is 30.9. The molecule has 54 heavy (non-hydrogen) atoms. The van der Waals surface area contributed by atoms with E-state index in [0.29, 0.717) is 0 Å². The summed E-state index contributed by atoms with van der Waals surface area (Å²) in [6, 6.07) is 71.7. The van der Waals surface area contributed by atoms with Gasteiger partial charge in [0.05, 0.1) is 5.69 Å². The summed E-state index contributed by atoms with van der Waals surface area (Å²) in [6.45, 7) is 7.17. The fraction of sp³-hybridized carbons (Fsp3) is 0.0943. The van der Waals surface area contributed by atoms with Gasteiger partial charge in [0.1, 0.15) is 0 Å². The minimum Gasteiger partial charge on any atom is -0.310 e. The lowest BCUT2D eigenvalue weighted by Gasteiger charge is -2.33. The van der Waals surface area contributed by atoms with E-state index in [1.807, 2.05) is 0 Å². The number of benzene rings is 8. The van der Waals surface area contributed by atoms with E-state index in [-0.39, 0.29) is 10.8 Å². The summed E-state index contributed by atoms with van der Waals surface area (Å²) in [5.41, 5.74) is 19.8. The van der Waals surface area contributed by atoms with Gasteiger partial charge in [-0.25, -0.2) is 0 Å². The molecule has 2 aliphatic rings. The maximum atomic E-state index is 2.49. The maximum absolute atomic E-state index is 2.49. The van der Waals surface area contributed by atoms with Crippen LogP contribution < -0.4 is 4.90 Å². The number of hydrogen-bond acceptors (Lipinski definition) is 1. The molecular weight excluding hydrogens is 651 g/mol. The van der Waals surface area contributed by atoms with Crippen molar-refractivity contribution in [2.75, 3.05) is 4.90 Å². The Morgan fingerprint density at radius 3 is 1.35 bits per heavy atom. The van der Waals surface area contributed by atoms with Gasteiger partial charge in [0.25, 0.3) is 0 Å². The van der Waals surface area contributed by atoms with E-state index in [0.717, 1.165) is 17.1 Å². The van der Waals surface area contributed by atoms with Gasteiger partial charge in [0, 0.05) is 27.8 Å². The van der Waals surface area contributed by atoms with Crippen molar-refractivity contribution in [3.63, 3.8) is 0 Å². The Morgan fingerprint density at radius 1 is 0.315 bits per heavy atom. The van der Waals surface area contributed by atoms with Gasteiger partial charge in [0.2, 0.25) is 0 Å². The summed E-state index contributed by atoms with van der Waals surface area (Å²) in [7, 11) is 0. The Balaban J connectivity index is 1.22. The molecule has 1 nitrogen and oxygen atoms in total. The summed E-state index contributed by atoms with van der Waals surface area (Å²) in [5.74, 6) is 0. The van der Waals surface area contributed by atoms with Gasteiger partial charge < -0.3 is 4.90 Å². The van der Waals surface area contributed by atoms with Gasteiger partial charge in [-0.15, -0.1) is 0 Å². The summed E-state index contributed by atoms with van der Waals surface area (Å²) in [4.78, 5) is 2.49. The van der Waals surface area contributed by atoms with Gasteiger partial charge >= 0.3 is 0 Å². The molecule has 0 spiro atoms. The second kappa shape index (κ2) is 12.3. The lowest BCUT2D eigenvalue weighted by Crippen LogP contribution is -2.24. The van der Waals surface area contributed by atoms with Crippen LogP contribution in [0, 0.1) is 0 Å². The lowest BCUT2D eigenvalue weighted by atomic mass is 9.71. The highest BCUT2D eigenvalue weighted by atomic mass is 15.1. The van der Waals surface area contributed by atoms with Gasteiger partial charge in [-0.05, 0) is 104 Å². The standard InChI is InChI=1S/C53H41N/c1-52(2)46-26-14-11-24-42(46)44-32-30-38(34-49(44)52)54(51-29-17-13-23-41(51)37-20-8-5-9-21-37)39-31-33-45-43-25-12-16-28-48(43)53(3,50(45)35-39)47-27-15-10-22-40(47)36-18-6-4-7-19-36/h4-35H,1-3H3. The number of para-hydroxylation sites is 1. The molecule has 0 amide bonds. The predicted molar refractivity (Wildman–Crippen MR) is 227 cm³/mol. The van der Waals surface area contributed by atoms with Crippen LogP contribution in [0.3, 0.4) is 0 Å². The highest BCUT2D eigenvalue weighted by molar-refractivity contribution is 5.93. The number of rotatable bonds is 6. The third-order valence-electron chi connectivity index (χ3n) is 12.2. The monoisotopic (exact) mass is 691 g/mol. The topological polar surface area (TPSA) is 3.24 Å². The number of nitrogens with zero attached hydrogens (tertiary/aromatic N) is 1. The molecule has 8 aromatic carbocycles. The van der Waals surface area contributed by atoms with E-state index < -0.39 is 0 Å². The third-order valence-corrected chi connectivity index (χ3v) is 12.2. The molecule has 0 saturated carbocycles. The van der Waals surface area contributed by atoms with Crippen LogP contribution in [0.15, 0.2) is 194 Å². The van der Waals surface area contributed by atoms with E-state index in [9.17, 15) is 0 Å². The Kier molecular flexibility index (Phi) is 7.35. The molecule has 0 aliphatic heterocycles. The van der Waals surface area contributed by atoms with Crippen molar-refractivity contribution in [2.45, 2.75) is 31.6 Å². The van der Waals surface area contributed by atoms with Crippen molar-refractivity contribution >= 4 is 17.1 Å².